The van der Waals surface area contributed by atoms with Crippen molar-refractivity contribution in [2.75, 3.05) is 26.3 Å². The number of nitrogens with zero attached hydrogens (tertiary/aromatic N) is 1. The molecule has 0 aliphatic carbocycles. The molecule has 21 heavy (non-hydrogen) atoms. The number of amides is 1. The maximum Gasteiger partial charge on any atom is 0.240 e. The van der Waals surface area contributed by atoms with Crippen molar-refractivity contribution in [1.29, 1.82) is 0 Å². The fraction of sp³-hybridized carbons (Fsp3) is 0.500. The molecule has 0 spiro atoms. The highest BCUT2D eigenvalue weighted by Gasteiger charge is 2.26. The van der Waals surface area contributed by atoms with Gasteiger partial charge in [-0.25, -0.2) is 13.1 Å². The molecule has 1 N–H and O–H groups in total. The minimum absolute atomic E-state index is 0.130. The number of carbonyl (C=O) groups is 1. The molecule has 2 rings (SSSR count). The van der Waals surface area contributed by atoms with Crippen LogP contribution in [-0.4, -0.2) is 51.6 Å². The maximum atomic E-state index is 12.2. The second-order valence-corrected chi connectivity index (χ2v) is 6.78. The summed E-state index contributed by atoms with van der Waals surface area (Å²) < 4.78 is 31.8. The van der Waals surface area contributed by atoms with Crippen molar-refractivity contribution in [2.24, 2.45) is 0 Å². The van der Waals surface area contributed by atoms with Crippen LogP contribution in [0, 0.1) is 0 Å². The quantitative estimate of drug-likeness (QED) is 0.851. The predicted octanol–water partition coefficient (Wildman–Crippen LogP) is 0.353. The summed E-state index contributed by atoms with van der Waals surface area (Å²) in [5.41, 5.74) is 0.691. The van der Waals surface area contributed by atoms with Crippen molar-refractivity contribution in [3.8, 4) is 0 Å². The number of morpholine rings is 1. The van der Waals surface area contributed by atoms with Crippen LogP contribution in [0.25, 0.3) is 0 Å². The lowest BCUT2D eigenvalue weighted by Gasteiger charge is -2.29. The molecular weight excluding hydrogens is 292 g/mol. The lowest BCUT2D eigenvalue weighted by Crippen LogP contribution is -2.50. The van der Waals surface area contributed by atoms with E-state index in [0.29, 0.717) is 31.9 Å². The summed E-state index contributed by atoms with van der Waals surface area (Å²) in [6.45, 7) is 3.57. The Morgan fingerprint density at radius 3 is 2.52 bits per heavy atom. The first-order chi connectivity index (χ1) is 9.98. The van der Waals surface area contributed by atoms with Gasteiger partial charge in [0, 0.05) is 13.1 Å². The molecule has 1 atom stereocenters. The molecule has 1 aliphatic rings. The fourth-order valence-electron chi connectivity index (χ4n) is 2.21. The van der Waals surface area contributed by atoms with E-state index in [0.717, 1.165) is 0 Å². The van der Waals surface area contributed by atoms with Gasteiger partial charge < -0.3 is 9.64 Å². The molecule has 1 aromatic rings. The van der Waals surface area contributed by atoms with Crippen LogP contribution in [0.15, 0.2) is 30.3 Å². The monoisotopic (exact) mass is 312 g/mol. The van der Waals surface area contributed by atoms with E-state index in [4.69, 9.17) is 4.74 Å². The third kappa shape index (κ3) is 4.80. The summed E-state index contributed by atoms with van der Waals surface area (Å²) in [6, 6.07) is 8.12. The SMILES string of the molecule is C[C@H](NS(=O)(=O)Cc1ccccc1)C(=O)N1CCOCC1. The first-order valence-electron chi connectivity index (χ1n) is 6.88. The van der Waals surface area contributed by atoms with E-state index in [1.807, 2.05) is 6.07 Å². The van der Waals surface area contributed by atoms with Crippen molar-refractivity contribution >= 4 is 15.9 Å². The second-order valence-electron chi connectivity index (χ2n) is 5.02. The van der Waals surface area contributed by atoms with Crippen LogP contribution in [0.4, 0.5) is 0 Å². The normalized spacial score (nSPS) is 17.5. The van der Waals surface area contributed by atoms with E-state index in [1.165, 1.54) is 0 Å². The summed E-state index contributed by atoms with van der Waals surface area (Å²) in [4.78, 5) is 13.8. The van der Waals surface area contributed by atoms with Gasteiger partial charge in [0.25, 0.3) is 0 Å². The first-order valence-corrected chi connectivity index (χ1v) is 8.53. The van der Waals surface area contributed by atoms with Crippen molar-refractivity contribution < 1.29 is 17.9 Å². The number of ether oxygens (including phenoxy) is 1. The number of hydrogen-bond donors (Lipinski definition) is 1. The molecule has 0 saturated carbocycles. The van der Waals surface area contributed by atoms with Crippen molar-refractivity contribution in [2.45, 2.75) is 18.7 Å². The fourth-order valence-corrected chi connectivity index (χ4v) is 3.57. The molecule has 0 aromatic heterocycles. The number of benzene rings is 1. The van der Waals surface area contributed by atoms with Crippen LogP contribution in [0.5, 0.6) is 0 Å². The zero-order valence-electron chi connectivity index (χ0n) is 12.0. The van der Waals surface area contributed by atoms with Gasteiger partial charge in [0.1, 0.15) is 0 Å². The van der Waals surface area contributed by atoms with Gasteiger partial charge in [0.05, 0.1) is 25.0 Å². The van der Waals surface area contributed by atoms with E-state index in [-0.39, 0.29) is 11.7 Å². The molecular formula is C14H20N2O4S. The Bertz CT molecular complexity index is 568. The lowest BCUT2D eigenvalue weighted by atomic mass is 10.2. The van der Waals surface area contributed by atoms with Crippen LogP contribution in [0.3, 0.4) is 0 Å². The molecule has 1 aliphatic heterocycles. The zero-order valence-corrected chi connectivity index (χ0v) is 12.8. The second kappa shape index (κ2) is 7.02. The van der Waals surface area contributed by atoms with E-state index in [1.54, 1.807) is 36.1 Å². The van der Waals surface area contributed by atoms with Gasteiger partial charge in [-0.05, 0) is 12.5 Å². The number of nitrogens with one attached hydrogen (secondary N) is 1. The predicted molar refractivity (Wildman–Crippen MR) is 79.1 cm³/mol. The Morgan fingerprint density at radius 2 is 1.90 bits per heavy atom. The van der Waals surface area contributed by atoms with Gasteiger partial charge in [-0.15, -0.1) is 0 Å². The Kier molecular flexibility index (Phi) is 5.33. The standard InChI is InChI=1S/C14H20N2O4S/c1-12(14(17)16-7-9-20-10-8-16)15-21(18,19)11-13-5-3-2-4-6-13/h2-6,12,15H,7-11H2,1H3/t12-/m0/s1. The van der Waals surface area contributed by atoms with Crippen molar-refractivity contribution in [3.63, 3.8) is 0 Å². The third-order valence-electron chi connectivity index (χ3n) is 3.25. The summed E-state index contributed by atoms with van der Waals surface area (Å²) >= 11 is 0. The molecule has 116 valence electrons. The summed E-state index contributed by atoms with van der Waals surface area (Å²) in [7, 11) is -3.55. The summed E-state index contributed by atoms with van der Waals surface area (Å²) in [5.74, 6) is -0.343. The molecule has 7 heteroatoms. The van der Waals surface area contributed by atoms with Gasteiger partial charge in [-0.3, -0.25) is 4.79 Å². The number of carbonyl (C=O) groups excluding carboxylic acids is 1. The van der Waals surface area contributed by atoms with Gasteiger partial charge in [-0.2, -0.15) is 0 Å². The molecule has 1 amide bonds. The molecule has 1 aromatic carbocycles. The lowest BCUT2D eigenvalue weighted by molar-refractivity contribution is -0.136. The zero-order chi connectivity index (χ0) is 15.3. The van der Waals surface area contributed by atoms with Gasteiger partial charge in [0.2, 0.25) is 15.9 Å². The van der Waals surface area contributed by atoms with Gasteiger partial charge >= 0.3 is 0 Å². The smallest absolute Gasteiger partial charge is 0.240 e. The molecule has 0 radical (unpaired) electrons. The van der Waals surface area contributed by atoms with Crippen LogP contribution in [0.1, 0.15) is 12.5 Å². The van der Waals surface area contributed by atoms with Crippen molar-refractivity contribution in [1.82, 2.24) is 9.62 Å². The molecule has 1 saturated heterocycles. The minimum Gasteiger partial charge on any atom is -0.378 e. The van der Waals surface area contributed by atoms with E-state index < -0.39 is 16.1 Å². The largest absolute Gasteiger partial charge is 0.378 e. The van der Waals surface area contributed by atoms with E-state index in [9.17, 15) is 13.2 Å². The maximum absolute atomic E-state index is 12.2. The van der Waals surface area contributed by atoms with E-state index >= 15 is 0 Å². The topological polar surface area (TPSA) is 75.7 Å². The Labute approximate surface area is 125 Å². The molecule has 0 unspecified atom stereocenters. The highest BCUT2D eigenvalue weighted by atomic mass is 32.2. The Hall–Kier alpha value is -1.44. The summed E-state index contributed by atoms with van der Waals surface area (Å²) in [5, 5.41) is 0. The van der Waals surface area contributed by atoms with E-state index in [2.05, 4.69) is 4.72 Å². The van der Waals surface area contributed by atoms with Crippen LogP contribution in [0.2, 0.25) is 0 Å². The third-order valence-corrected chi connectivity index (χ3v) is 4.68. The van der Waals surface area contributed by atoms with Crippen LogP contribution < -0.4 is 4.72 Å². The Balaban J connectivity index is 1.94. The number of sulfonamides is 1. The van der Waals surface area contributed by atoms with Crippen molar-refractivity contribution in [3.05, 3.63) is 35.9 Å². The molecule has 6 nitrogen and oxygen atoms in total. The highest BCUT2D eigenvalue weighted by Crippen LogP contribution is 2.06. The highest BCUT2D eigenvalue weighted by molar-refractivity contribution is 7.88. The molecule has 1 heterocycles. The minimum atomic E-state index is -3.55. The molecule has 0 bridgehead atoms. The Morgan fingerprint density at radius 1 is 1.29 bits per heavy atom. The first kappa shape index (κ1) is 15.9. The van der Waals surface area contributed by atoms with Crippen LogP contribution in [-0.2, 0) is 25.3 Å². The van der Waals surface area contributed by atoms with Crippen LogP contribution >= 0.6 is 0 Å². The van der Waals surface area contributed by atoms with Gasteiger partial charge in [-0.1, -0.05) is 30.3 Å². The number of rotatable bonds is 5. The average molecular weight is 312 g/mol. The average Bonchev–Trinajstić information content (AvgIpc) is 2.47. The summed E-state index contributed by atoms with van der Waals surface area (Å²) in [6.07, 6.45) is 0. The van der Waals surface area contributed by atoms with Gasteiger partial charge in [0.15, 0.2) is 0 Å². The molecule has 1 fully saturated rings. The number of hydrogen-bond acceptors (Lipinski definition) is 4.